The number of aromatic nitrogens is 1. The Morgan fingerprint density at radius 3 is 2.67 bits per heavy atom. The quantitative estimate of drug-likeness (QED) is 0.807. The number of amides is 1. The molecule has 2 rings (SSSR count). The molecular weight excluding hydrogens is 230 g/mol. The Morgan fingerprint density at radius 1 is 1.39 bits per heavy atom. The summed E-state index contributed by atoms with van der Waals surface area (Å²) in [6.45, 7) is 1.61. The van der Waals surface area contributed by atoms with Crippen LogP contribution in [0.15, 0.2) is 34.9 Å². The van der Waals surface area contributed by atoms with Gasteiger partial charge in [-0.05, 0) is 19.1 Å². The molecule has 0 radical (unpaired) electrons. The number of rotatable bonds is 2. The fourth-order valence-electron chi connectivity index (χ4n) is 1.64. The Kier molecular flexibility index (Phi) is 3.11. The maximum absolute atomic E-state index is 12.3. The average molecular weight is 241 g/mol. The highest BCUT2D eigenvalue weighted by Crippen LogP contribution is 2.19. The first-order chi connectivity index (χ1) is 8.65. The molecule has 90 valence electrons. The molecule has 0 aliphatic heterocycles. The summed E-state index contributed by atoms with van der Waals surface area (Å²) in [6, 6.07) is 11.0. The molecule has 0 atom stereocenters. The van der Waals surface area contributed by atoms with E-state index in [2.05, 4.69) is 5.16 Å². The Morgan fingerprint density at radius 2 is 2.06 bits per heavy atom. The van der Waals surface area contributed by atoms with Crippen molar-refractivity contribution >= 4 is 11.6 Å². The van der Waals surface area contributed by atoms with Crippen LogP contribution in [0.2, 0.25) is 0 Å². The van der Waals surface area contributed by atoms with Crippen LogP contribution in [0.1, 0.15) is 21.8 Å². The zero-order valence-corrected chi connectivity index (χ0v) is 10.0. The molecule has 0 N–H and O–H groups in total. The van der Waals surface area contributed by atoms with Crippen LogP contribution in [-0.4, -0.2) is 18.1 Å². The first-order valence-corrected chi connectivity index (χ1v) is 5.34. The summed E-state index contributed by atoms with van der Waals surface area (Å²) in [7, 11) is 1.64. The predicted octanol–water partition coefficient (Wildman–Crippen LogP) is 2.13. The third kappa shape index (κ3) is 1.96. The van der Waals surface area contributed by atoms with Crippen LogP contribution in [0, 0.1) is 18.3 Å². The van der Waals surface area contributed by atoms with Gasteiger partial charge >= 0.3 is 0 Å². The topological polar surface area (TPSA) is 70.1 Å². The van der Waals surface area contributed by atoms with E-state index in [1.807, 2.05) is 36.4 Å². The minimum atomic E-state index is -0.309. The number of hydrogen-bond donors (Lipinski definition) is 0. The molecule has 0 aliphatic carbocycles. The molecule has 0 spiro atoms. The zero-order chi connectivity index (χ0) is 13.1. The van der Waals surface area contributed by atoms with Gasteiger partial charge in [0.05, 0.1) is 0 Å². The summed E-state index contributed by atoms with van der Waals surface area (Å²) >= 11 is 0. The second-order valence-corrected chi connectivity index (χ2v) is 3.77. The summed E-state index contributed by atoms with van der Waals surface area (Å²) in [6.07, 6.45) is 0. The first kappa shape index (κ1) is 11.9. The van der Waals surface area contributed by atoms with E-state index in [0.717, 1.165) is 5.69 Å². The molecular formula is C13H11N3O2. The molecule has 1 amide bonds. The normalized spacial score (nSPS) is 9.83. The molecule has 18 heavy (non-hydrogen) atoms. The Balaban J connectivity index is 2.38. The zero-order valence-electron chi connectivity index (χ0n) is 10.0. The summed E-state index contributed by atoms with van der Waals surface area (Å²) in [5.41, 5.74) is 0.969. The predicted molar refractivity (Wildman–Crippen MR) is 65.1 cm³/mol. The van der Waals surface area contributed by atoms with E-state index >= 15 is 0 Å². The van der Waals surface area contributed by atoms with Crippen molar-refractivity contribution in [3.05, 3.63) is 47.3 Å². The summed E-state index contributed by atoms with van der Waals surface area (Å²) < 4.78 is 4.87. The van der Waals surface area contributed by atoms with Crippen molar-refractivity contribution in [2.24, 2.45) is 0 Å². The molecule has 5 heteroatoms. The average Bonchev–Trinajstić information content (AvgIpc) is 2.79. The lowest BCUT2D eigenvalue weighted by atomic mass is 10.1. The lowest BCUT2D eigenvalue weighted by Crippen LogP contribution is -2.27. The van der Waals surface area contributed by atoms with Crippen molar-refractivity contribution in [1.82, 2.24) is 5.16 Å². The maximum Gasteiger partial charge on any atom is 0.264 e. The highest BCUT2D eigenvalue weighted by atomic mass is 16.5. The smallest absolute Gasteiger partial charge is 0.264 e. The lowest BCUT2D eigenvalue weighted by molar-refractivity contribution is 0.0991. The molecule has 0 bridgehead atoms. The molecule has 0 fully saturated rings. The summed E-state index contributed by atoms with van der Waals surface area (Å²) in [4.78, 5) is 13.7. The van der Waals surface area contributed by atoms with Gasteiger partial charge in [0.15, 0.2) is 5.69 Å². The number of para-hydroxylation sites is 1. The number of carbonyl (C=O) groups excluding carboxylic acids is 1. The van der Waals surface area contributed by atoms with Gasteiger partial charge in [0.2, 0.25) is 0 Å². The van der Waals surface area contributed by atoms with Crippen molar-refractivity contribution in [3.63, 3.8) is 0 Å². The van der Waals surface area contributed by atoms with E-state index < -0.39 is 0 Å². The van der Waals surface area contributed by atoms with Crippen LogP contribution in [-0.2, 0) is 0 Å². The second-order valence-electron chi connectivity index (χ2n) is 3.77. The third-order valence-corrected chi connectivity index (χ3v) is 2.63. The van der Waals surface area contributed by atoms with Crippen LogP contribution in [0.5, 0.6) is 0 Å². The largest absolute Gasteiger partial charge is 0.359 e. The van der Waals surface area contributed by atoms with Crippen LogP contribution in [0.4, 0.5) is 5.69 Å². The number of hydrogen-bond acceptors (Lipinski definition) is 4. The van der Waals surface area contributed by atoms with Gasteiger partial charge in [0.1, 0.15) is 17.4 Å². The second kappa shape index (κ2) is 4.72. The molecule has 2 aromatic rings. The number of aryl methyl sites for hydroxylation is 1. The third-order valence-electron chi connectivity index (χ3n) is 2.63. The van der Waals surface area contributed by atoms with Gasteiger partial charge in [-0.2, -0.15) is 5.26 Å². The minimum absolute atomic E-state index is 0.0141. The van der Waals surface area contributed by atoms with Crippen molar-refractivity contribution < 1.29 is 9.32 Å². The monoisotopic (exact) mass is 241 g/mol. The van der Waals surface area contributed by atoms with Gasteiger partial charge in [-0.3, -0.25) is 4.79 Å². The maximum atomic E-state index is 12.3. The molecule has 0 unspecified atom stereocenters. The standard InChI is InChI=1S/C13H11N3O2/c1-9-12(11(8-14)15-18-9)13(17)16(2)10-6-4-3-5-7-10/h3-7H,1-2H3. The lowest BCUT2D eigenvalue weighted by Gasteiger charge is -2.16. The number of benzene rings is 1. The van der Waals surface area contributed by atoms with E-state index in [0.29, 0.717) is 5.76 Å². The van der Waals surface area contributed by atoms with Crippen molar-refractivity contribution in [1.29, 1.82) is 5.26 Å². The van der Waals surface area contributed by atoms with Crippen LogP contribution in [0.3, 0.4) is 0 Å². The highest BCUT2D eigenvalue weighted by molar-refractivity contribution is 6.07. The molecule has 0 saturated heterocycles. The number of nitriles is 1. The van der Waals surface area contributed by atoms with E-state index in [9.17, 15) is 4.79 Å². The van der Waals surface area contributed by atoms with Gasteiger partial charge in [0.25, 0.3) is 5.91 Å². The molecule has 0 aliphatic rings. The van der Waals surface area contributed by atoms with Crippen LogP contribution in [0.25, 0.3) is 0 Å². The number of nitrogens with zero attached hydrogens (tertiary/aromatic N) is 3. The van der Waals surface area contributed by atoms with Gasteiger partial charge in [-0.15, -0.1) is 0 Å². The first-order valence-electron chi connectivity index (χ1n) is 5.34. The number of carbonyl (C=O) groups is 1. The van der Waals surface area contributed by atoms with Crippen molar-refractivity contribution in [2.75, 3.05) is 11.9 Å². The SMILES string of the molecule is Cc1onc(C#N)c1C(=O)N(C)c1ccccc1. The molecule has 1 aromatic carbocycles. The molecule has 1 aromatic heterocycles. The van der Waals surface area contributed by atoms with Crippen LogP contribution < -0.4 is 4.90 Å². The van der Waals surface area contributed by atoms with E-state index in [1.165, 1.54) is 4.90 Å². The van der Waals surface area contributed by atoms with Gasteiger partial charge in [-0.1, -0.05) is 23.4 Å². The van der Waals surface area contributed by atoms with E-state index in [4.69, 9.17) is 9.78 Å². The fraction of sp³-hybridized carbons (Fsp3) is 0.154. The van der Waals surface area contributed by atoms with E-state index in [1.54, 1.807) is 14.0 Å². The Hall–Kier alpha value is -2.61. The van der Waals surface area contributed by atoms with Gasteiger partial charge < -0.3 is 9.42 Å². The fourth-order valence-corrected chi connectivity index (χ4v) is 1.64. The molecule has 0 saturated carbocycles. The van der Waals surface area contributed by atoms with Gasteiger partial charge in [0, 0.05) is 12.7 Å². The van der Waals surface area contributed by atoms with E-state index in [-0.39, 0.29) is 17.2 Å². The van der Waals surface area contributed by atoms with Gasteiger partial charge in [-0.25, -0.2) is 0 Å². The number of anilines is 1. The Labute approximate surface area is 104 Å². The van der Waals surface area contributed by atoms with Crippen molar-refractivity contribution in [3.8, 4) is 6.07 Å². The molecule has 5 nitrogen and oxygen atoms in total. The highest BCUT2D eigenvalue weighted by Gasteiger charge is 2.23. The molecule has 1 heterocycles. The Bertz CT molecular complexity index is 611. The summed E-state index contributed by atoms with van der Waals surface area (Å²) in [5.74, 6) is 0.0378. The minimum Gasteiger partial charge on any atom is -0.359 e. The van der Waals surface area contributed by atoms with Crippen LogP contribution >= 0.6 is 0 Å². The summed E-state index contributed by atoms with van der Waals surface area (Å²) in [5, 5.41) is 12.4. The van der Waals surface area contributed by atoms with Crippen molar-refractivity contribution in [2.45, 2.75) is 6.92 Å².